The Labute approximate surface area is 585 Å². The highest BCUT2D eigenvalue weighted by Gasteiger charge is 2.43. The van der Waals surface area contributed by atoms with E-state index in [1.165, 1.54) is 28.2 Å². The van der Waals surface area contributed by atoms with Gasteiger partial charge in [-0.2, -0.15) is 26.3 Å². The Morgan fingerprint density at radius 1 is 0.580 bits per heavy atom. The van der Waals surface area contributed by atoms with Crippen molar-refractivity contribution >= 4 is 90.9 Å². The Morgan fingerprint density at radius 3 is 1.53 bits per heavy atom. The lowest BCUT2D eigenvalue weighted by Gasteiger charge is -2.38. The first kappa shape index (κ1) is 73.8. The number of amides is 4. The van der Waals surface area contributed by atoms with Crippen LogP contribution in [0.25, 0.3) is 21.0 Å². The molecule has 28 heteroatoms. The van der Waals surface area contributed by atoms with Crippen LogP contribution in [-0.2, 0) is 48.5 Å². The van der Waals surface area contributed by atoms with Crippen molar-refractivity contribution in [3.05, 3.63) is 124 Å². The van der Waals surface area contributed by atoms with E-state index in [2.05, 4.69) is 20.4 Å². The van der Waals surface area contributed by atoms with Gasteiger partial charge in [-0.25, -0.2) is 0 Å². The lowest BCUT2D eigenvalue weighted by Crippen LogP contribution is -2.52. The average Bonchev–Trinajstić information content (AvgIpc) is 1.65. The molecule has 4 aromatic carbocycles. The minimum absolute atomic E-state index is 0.0114. The molecule has 4 aliphatic heterocycles. The Kier molecular flexibility index (Phi) is 24.2. The van der Waals surface area contributed by atoms with Crippen LogP contribution in [0, 0.1) is 11.8 Å². The van der Waals surface area contributed by atoms with Crippen LogP contribution in [0.4, 0.5) is 37.7 Å². The lowest BCUT2D eigenvalue weighted by molar-refractivity contribution is -0.150. The molecule has 540 valence electrons. The van der Waals surface area contributed by atoms with E-state index >= 15 is 0 Å². The van der Waals surface area contributed by atoms with Gasteiger partial charge >= 0.3 is 24.3 Å². The quantitative estimate of drug-likeness (QED) is 0.0493. The molecular formula is C72H86ClF6N9O11S. The molecule has 100 heavy (non-hydrogen) atoms. The number of nitrogens with one attached hydrogen (secondary N) is 2. The van der Waals surface area contributed by atoms with Crippen molar-refractivity contribution in [3.8, 4) is 5.75 Å². The maximum Gasteiger partial charge on any atom is 0.401 e. The number of benzene rings is 4. The number of para-hydroxylation sites is 1. The van der Waals surface area contributed by atoms with Gasteiger partial charge in [0, 0.05) is 117 Å². The second-order valence-corrected chi connectivity index (χ2v) is 28.6. The summed E-state index contributed by atoms with van der Waals surface area (Å²) < 4.78 is 98.9. The SMILES string of the molecule is COc1cc(CC(=O)N2C[C@@H](N3CCN(CC(F)(F)F)CC3)C[C@H]2COC2CCC(C(=O)O)CC2)ccc1NC(=O)c1cn(C)c2ccccc12.O=C(Nc1ccc(CC(=O)N2C[C@@H](N3CCN(CC(F)(F)F)CC3)C[C@H]2COC2CCC(C(=O)O)CC2)cc1Cl)c1csc2ccccc12. The monoisotopic (exact) mass is 1430 g/mol. The van der Waals surface area contributed by atoms with E-state index in [1.54, 1.807) is 42.6 Å². The number of aryl methyl sites for hydroxylation is 1. The molecule has 0 unspecified atom stereocenters. The van der Waals surface area contributed by atoms with Gasteiger partial charge in [0.15, 0.2) is 0 Å². The summed E-state index contributed by atoms with van der Waals surface area (Å²) in [5.74, 6) is -2.63. The number of fused-ring (bicyclic) bond motifs is 2. The highest BCUT2D eigenvalue weighted by atomic mass is 35.5. The zero-order chi connectivity index (χ0) is 71.0. The van der Waals surface area contributed by atoms with Crippen LogP contribution in [0.15, 0.2) is 96.5 Å². The fraction of sp³-hybridized carbons (Fsp3) is 0.528. The van der Waals surface area contributed by atoms with E-state index in [0.717, 1.165) is 21.0 Å². The number of likely N-dealkylation sites (tertiary alicyclic amines) is 2. The predicted molar refractivity (Wildman–Crippen MR) is 367 cm³/mol. The van der Waals surface area contributed by atoms with Crippen molar-refractivity contribution in [2.45, 2.75) is 126 Å². The Bertz CT molecular complexity index is 3860. The van der Waals surface area contributed by atoms with Gasteiger partial charge in [-0.3, -0.25) is 48.4 Å². The number of carbonyl (C=O) groups excluding carboxylic acids is 4. The second-order valence-electron chi connectivity index (χ2n) is 27.3. The summed E-state index contributed by atoms with van der Waals surface area (Å²) in [6.07, 6.45) is -0.623. The van der Waals surface area contributed by atoms with E-state index in [-0.39, 0.29) is 84.7 Å². The number of carbonyl (C=O) groups is 6. The third-order valence-electron chi connectivity index (χ3n) is 20.5. The lowest BCUT2D eigenvalue weighted by atomic mass is 9.87. The maximum absolute atomic E-state index is 13.9. The number of piperazine rings is 2. The van der Waals surface area contributed by atoms with Crippen molar-refractivity contribution < 1.29 is 79.5 Å². The number of rotatable bonds is 21. The zero-order valence-corrected chi connectivity index (χ0v) is 57.6. The van der Waals surface area contributed by atoms with Gasteiger partial charge in [-0.1, -0.05) is 60.1 Å². The fourth-order valence-electron chi connectivity index (χ4n) is 15.1. The number of aliphatic carboxylic acids is 2. The number of nitrogens with zero attached hydrogens (tertiary/aromatic N) is 7. The minimum Gasteiger partial charge on any atom is -0.495 e. The molecule has 6 heterocycles. The van der Waals surface area contributed by atoms with E-state index in [9.17, 15) is 65.3 Å². The summed E-state index contributed by atoms with van der Waals surface area (Å²) in [5, 5.41) is 28.3. The molecule has 0 bridgehead atoms. The van der Waals surface area contributed by atoms with E-state index in [1.807, 2.05) is 75.3 Å². The van der Waals surface area contributed by atoms with E-state index in [4.69, 9.17) is 25.8 Å². The highest BCUT2D eigenvalue weighted by Crippen LogP contribution is 2.36. The molecule has 0 radical (unpaired) electrons. The van der Waals surface area contributed by atoms with Gasteiger partial charge in [-0.05, 0) is 112 Å². The summed E-state index contributed by atoms with van der Waals surface area (Å²) >= 11 is 8.08. The first-order valence-corrected chi connectivity index (χ1v) is 35.5. The topological polar surface area (TPSA) is 219 Å². The average molecular weight is 1440 g/mol. The number of thiophene rings is 1. The molecule has 2 aliphatic carbocycles. The number of methoxy groups -OCH3 is 1. The first-order chi connectivity index (χ1) is 47.8. The molecule has 6 aromatic rings. The summed E-state index contributed by atoms with van der Waals surface area (Å²) in [4.78, 5) is 87.8. The van der Waals surface area contributed by atoms with Crippen molar-refractivity contribution in [1.82, 2.24) is 34.0 Å². The zero-order valence-electron chi connectivity index (χ0n) is 56.0. The van der Waals surface area contributed by atoms with Crippen LogP contribution in [-0.4, -0.2) is 227 Å². The number of ether oxygens (including phenoxy) is 3. The molecule has 2 aromatic heterocycles. The smallest absolute Gasteiger partial charge is 0.401 e. The van der Waals surface area contributed by atoms with Crippen molar-refractivity contribution in [2.75, 3.05) is 109 Å². The normalized spacial score (nSPS) is 23.7. The third-order valence-corrected chi connectivity index (χ3v) is 21.8. The van der Waals surface area contributed by atoms with E-state index in [0.29, 0.717) is 187 Å². The molecule has 6 aliphatic rings. The molecule has 6 fully saturated rings. The van der Waals surface area contributed by atoms with Crippen LogP contribution in [0.2, 0.25) is 5.02 Å². The molecule has 12 rings (SSSR count). The number of alkyl halides is 6. The minimum atomic E-state index is -4.24. The van der Waals surface area contributed by atoms with Gasteiger partial charge in [-0.15, -0.1) is 11.3 Å². The maximum atomic E-state index is 13.9. The molecule has 20 nitrogen and oxygen atoms in total. The van der Waals surface area contributed by atoms with Crippen molar-refractivity contribution in [3.63, 3.8) is 0 Å². The van der Waals surface area contributed by atoms with Crippen LogP contribution in [0.3, 0.4) is 0 Å². The third kappa shape index (κ3) is 19.0. The van der Waals surface area contributed by atoms with Gasteiger partial charge in [0.25, 0.3) is 11.8 Å². The molecule has 4 N–H and O–H groups in total. The Hall–Kier alpha value is -7.37. The number of aromatic nitrogens is 1. The van der Waals surface area contributed by atoms with Crippen LogP contribution in [0.1, 0.15) is 96.1 Å². The number of halogens is 7. The van der Waals surface area contributed by atoms with Gasteiger partial charge in [0.05, 0.1) is 110 Å². The Balaban J connectivity index is 0.000000202. The number of hydrogen-bond acceptors (Lipinski definition) is 14. The van der Waals surface area contributed by atoms with Crippen molar-refractivity contribution in [2.24, 2.45) is 18.9 Å². The Morgan fingerprint density at radius 2 is 1.04 bits per heavy atom. The van der Waals surface area contributed by atoms with Gasteiger partial charge < -0.3 is 49.4 Å². The standard InChI is InChI=1S/C37H46F3N5O6.C35H40ClF3N4O5S/c1-42-21-30(29-5-3-4-6-32(29)42)35(47)41-31-12-7-24(17-33(31)50-2)18-34(46)45-20-26(44-15-13-43(14-16-44)23-37(38,39)40)19-27(45)22-51-28-10-8-25(9-11-28)36(48)49;36-29-15-22(5-10-30(29)40-33(45)28-20-49-31-4-2-1-3-27(28)31)16-32(44)43-18-24(42-13-11-41(12-14-42)21-35(37,38)39)17-25(43)19-48-26-8-6-23(7-9-26)34(46)47/h3-7,12,17,21,25-28H,8-11,13-16,18-20,22-23H2,1-2H3,(H,41,47)(H,48,49);1-5,10,15,20,23-26H,6-9,11-14,16-19,21H2,(H,40,45)(H,46,47)/t25?,26-,27-,28?;23?,24-,25-,26?/m00/s1. The van der Waals surface area contributed by atoms with Gasteiger partial charge in [0.1, 0.15) is 5.75 Å². The van der Waals surface area contributed by atoms with Crippen molar-refractivity contribution in [1.29, 1.82) is 0 Å². The molecule has 4 amide bonds. The number of carboxylic acids is 2. The summed E-state index contributed by atoms with van der Waals surface area (Å²) in [5.41, 5.74) is 4.33. The molecule has 4 saturated heterocycles. The second kappa shape index (κ2) is 32.7. The fourth-order valence-corrected chi connectivity index (χ4v) is 16.3. The van der Waals surface area contributed by atoms with Crippen LogP contribution in [0.5, 0.6) is 5.75 Å². The molecule has 0 spiro atoms. The summed E-state index contributed by atoms with van der Waals surface area (Å²) in [6, 6.07) is 25.2. The number of hydrogen-bond donors (Lipinski definition) is 4. The largest absolute Gasteiger partial charge is 0.495 e. The number of carboxylic acid groups (broad SMARTS) is 2. The first-order valence-electron chi connectivity index (χ1n) is 34.2. The summed E-state index contributed by atoms with van der Waals surface area (Å²) in [7, 11) is 3.39. The molecule has 2 saturated carbocycles. The highest BCUT2D eigenvalue weighted by molar-refractivity contribution is 7.17. The van der Waals surface area contributed by atoms with Crippen LogP contribution < -0.4 is 15.4 Å². The van der Waals surface area contributed by atoms with Crippen LogP contribution >= 0.6 is 22.9 Å². The number of anilines is 2. The van der Waals surface area contributed by atoms with E-state index < -0.39 is 37.4 Å². The molecule has 4 atom stereocenters. The predicted octanol–water partition coefficient (Wildman–Crippen LogP) is 10.9. The van der Waals surface area contributed by atoms with Gasteiger partial charge in [0.2, 0.25) is 11.8 Å². The molecular weight excluding hydrogens is 1350 g/mol. The summed E-state index contributed by atoms with van der Waals surface area (Å²) in [6.45, 7) is 2.81.